The molecule has 0 spiro atoms. The summed E-state index contributed by atoms with van der Waals surface area (Å²) in [4.78, 5) is 10.8. The maximum Gasteiger partial charge on any atom is 0.303 e. The first kappa shape index (κ1) is 25.4. The van der Waals surface area contributed by atoms with Crippen molar-refractivity contribution in [1.29, 1.82) is 0 Å². The fourth-order valence-electron chi connectivity index (χ4n) is 3.77. The molecule has 0 saturated carbocycles. The summed E-state index contributed by atoms with van der Waals surface area (Å²) in [6, 6.07) is 0. The Labute approximate surface area is 163 Å². The van der Waals surface area contributed by atoms with Crippen molar-refractivity contribution >= 4 is 5.97 Å². The van der Waals surface area contributed by atoms with E-state index in [1.54, 1.807) is 0 Å². The van der Waals surface area contributed by atoms with E-state index < -0.39 is 5.97 Å². The van der Waals surface area contributed by atoms with Crippen LogP contribution in [0.15, 0.2) is 0 Å². The van der Waals surface area contributed by atoms with Gasteiger partial charge in [0.25, 0.3) is 0 Å². The number of hydrogen-bond acceptors (Lipinski definition) is 2. The molecular formula is C23H47NO2. The molecule has 156 valence electrons. The fraction of sp³-hybridized carbons (Fsp3) is 0.957. The highest BCUT2D eigenvalue weighted by Crippen LogP contribution is 2.26. The van der Waals surface area contributed by atoms with Crippen molar-refractivity contribution in [3.63, 3.8) is 0 Å². The van der Waals surface area contributed by atoms with Gasteiger partial charge in [-0.05, 0) is 32.6 Å². The van der Waals surface area contributed by atoms with Gasteiger partial charge < -0.3 is 10.8 Å². The van der Waals surface area contributed by atoms with Crippen LogP contribution in [0.25, 0.3) is 0 Å². The van der Waals surface area contributed by atoms with Gasteiger partial charge in [0, 0.05) is 12.0 Å². The second-order valence-electron chi connectivity index (χ2n) is 8.84. The Morgan fingerprint density at radius 1 is 0.769 bits per heavy atom. The molecule has 0 aliphatic carbocycles. The summed E-state index contributed by atoms with van der Waals surface area (Å²) in [5, 5.41) is 8.88. The van der Waals surface area contributed by atoms with Crippen molar-refractivity contribution in [2.24, 2.45) is 11.7 Å². The molecule has 0 bridgehead atoms. The third kappa shape index (κ3) is 16.9. The lowest BCUT2D eigenvalue weighted by Crippen LogP contribution is -2.41. The summed E-state index contributed by atoms with van der Waals surface area (Å²) in [6.07, 6.45) is 21.2. The SMILES string of the molecule is CCCCCCCCCCCCCCCCC(CCC(=O)O)C(C)(C)N. The van der Waals surface area contributed by atoms with Gasteiger partial charge in [-0.3, -0.25) is 4.79 Å². The first-order chi connectivity index (χ1) is 12.4. The molecule has 0 aliphatic rings. The van der Waals surface area contributed by atoms with Gasteiger partial charge in [0.15, 0.2) is 0 Å². The molecule has 0 heterocycles. The molecule has 26 heavy (non-hydrogen) atoms. The number of hydrogen-bond donors (Lipinski definition) is 2. The molecule has 3 heteroatoms. The van der Waals surface area contributed by atoms with E-state index in [0.29, 0.717) is 12.3 Å². The van der Waals surface area contributed by atoms with Crippen LogP contribution < -0.4 is 5.73 Å². The van der Waals surface area contributed by atoms with E-state index in [9.17, 15) is 4.79 Å². The standard InChI is InChI=1S/C23H47NO2/c1-4-5-6-7-8-9-10-11-12-13-14-15-16-17-18-21(23(2,3)24)19-20-22(25)26/h21H,4-20,24H2,1-3H3,(H,25,26). The Balaban J connectivity index is 3.46. The molecule has 0 aromatic heterocycles. The summed E-state index contributed by atoms with van der Waals surface area (Å²) in [6.45, 7) is 6.34. The van der Waals surface area contributed by atoms with Gasteiger partial charge in [0.2, 0.25) is 0 Å². The third-order valence-corrected chi connectivity index (χ3v) is 5.67. The second kappa shape index (κ2) is 16.6. The Morgan fingerprint density at radius 3 is 1.50 bits per heavy atom. The van der Waals surface area contributed by atoms with E-state index in [-0.39, 0.29) is 12.0 Å². The highest BCUT2D eigenvalue weighted by molar-refractivity contribution is 5.66. The number of carboxylic acids is 1. The molecule has 0 saturated heterocycles. The highest BCUT2D eigenvalue weighted by Gasteiger charge is 2.24. The first-order valence-electron chi connectivity index (χ1n) is 11.4. The minimum Gasteiger partial charge on any atom is -0.481 e. The van der Waals surface area contributed by atoms with Gasteiger partial charge in [-0.15, -0.1) is 0 Å². The molecular weight excluding hydrogens is 322 g/mol. The van der Waals surface area contributed by atoms with Crippen LogP contribution >= 0.6 is 0 Å². The van der Waals surface area contributed by atoms with Crippen LogP contribution in [0.4, 0.5) is 0 Å². The van der Waals surface area contributed by atoms with Gasteiger partial charge in [-0.1, -0.05) is 96.8 Å². The molecule has 1 atom stereocenters. The summed E-state index contributed by atoms with van der Waals surface area (Å²) in [5.74, 6) is -0.392. The fourth-order valence-corrected chi connectivity index (χ4v) is 3.77. The van der Waals surface area contributed by atoms with Crippen LogP contribution in [0.1, 0.15) is 130 Å². The molecule has 0 aromatic carbocycles. The van der Waals surface area contributed by atoms with E-state index >= 15 is 0 Å². The predicted octanol–water partition coefficient (Wildman–Crippen LogP) is 7.08. The van der Waals surface area contributed by atoms with E-state index in [4.69, 9.17) is 10.8 Å². The quantitative estimate of drug-likeness (QED) is 0.239. The van der Waals surface area contributed by atoms with Crippen molar-refractivity contribution < 1.29 is 9.90 Å². The van der Waals surface area contributed by atoms with E-state index in [1.807, 2.05) is 13.8 Å². The first-order valence-corrected chi connectivity index (χ1v) is 11.4. The number of carbonyl (C=O) groups is 1. The Hall–Kier alpha value is -0.570. The molecule has 3 nitrogen and oxygen atoms in total. The lowest BCUT2D eigenvalue weighted by molar-refractivity contribution is -0.137. The average Bonchev–Trinajstić information content (AvgIpc) is 2.56. The third-order valence-electron chi connectivity index (χ3n) is 5.67. The maximum absolute atomic E-state index is 10.8. The van der Waals surface area contributed by atoms with Gasteiger partial charge in [-0.25, -0.2) is 0 Å². The molecule has 0 fully saturated rings. The number of nitrogens with two attached hydrogens (primary N) is 1. The predicted molar refractivity (Wildman–Crippen MR) is 114 cm³/mol. The van der Waals surface area contributed by atoms with Crippen LogP contribution in [0.2, 0.25) is 0 Å². The lowest BCUT2D eigenvalue weighted by atomic mass is 9.81. The molecule has 0 amide bonds. The van der Waals surface area contributed by atoms with Crippen LogP contribution in [-0.2, 0) is 4.79 Å². The van der Waals surface area contributed by atoms with Crippen LogP contribution in [0.5, 0.6) is 0 Å². The molecule has 0 rings (SSSR count). The number of carboxylic acid groups (broad SMARTS) is 1. The number of unbranched alkanes of at least 4 members (excludes halogenated alkanes) is 13. The van der Waals surface area contributed by atoms with Gasteiger partial charge >= 0.3 is 5.97 Å². The summed E-state index contributed by atoms with van der Waals surface area (Å²) >= 11 is 0. The van der Waals surface area contributed by atoms with Crippen LogP contribution in [-0.4, -0.2) is 16.6 Å². The Kier molecular flexibility index (Phi) is 16.2. The summed E-state index contributed by atoms with van der Waals surface area (Å²) < 4.78 is 0. The van der Waals surface area contributed by atoms with Gasteiger partial charge in [0.1, 0.15) is 0 Å². The zero-order valence-electron chi connectivity index (χ0n) is 18.0. The minimum atomic E-state index is -0.708. The molecule has 0 radical (unpaired) electrons. The average molecular weight is 370 g/mol. The van der Waals surface area contributed by atoms with Crippen molar-refractivity contribution in [3.8, 4) is 0 Å². The molecule has 3 N–H and O–H groups in total. The monoisotopic (exact) mass is 369 g/mol. The highest BCUT2D eigenvalue weighted by atomic mass is 16.4. The summed E-state index contributed by atoms with van der Waals surface area (Å²) in [5.41, 5.74) is 5.96. The molecule has 0 aromatic rings. The maximum atomic E-state index is 10.8. The van der Waals surface area contributed by atoms with Crippen molar-refractivity contribution in [1.82, 2.24) is 0 Å². The van der Waals surface area contributed by atoms with E-state index in [2.05, 4.69) is 6.92 Å². The molecule has 0 aliphatic heterocycles. The smallest absolute Gasteiger partial charge is 0.303 e. The Bertz CT molecular complexity index is 323. The van der Waals surface area contributed by atoms with Crippen molar-refractivity contribution in [2.75, 3.05) is 0 Å². The molecule has 1 unspecified atom stereocenters. The number of aliphatic carboxylic acids is 1. The topological polar surface area (TPSA) is 63.3 Å². The van der Waals surface area contributed by atoms with Crippen LogP contribution in [0, 0.1) is 5.92 Å². The zero-order chi connectivity index (χ0) is 19.7. The van der Waals surface area contributed by atoms with Crippen molar-refractivity contribution in [3.05, 3.63) is 0 Å². The van der Waals surface area contributed by atoms with Gasteiger partial charge in [-0.2, -0.15) is 0 Å². The van der Waals surface area contributed by atoms with E-state index in [1.165, 1.54) is 89.9 Å². The second-order valence-corrected chi connectivity index (χ2v) is 8.84. The van der Waals surface area contributed by atoms with E-state index in [0.717, 1.165) is 6.42 Å². The minimum absolute atomic E-state index is 0.240. The Morgan fingerprint density at radius 2 is 1.15 bits per heavy atom. The van der Waals surface area contributed by atoms with Crippen LogP contribution in [0.3, 0.4) is 0 Å². The normalized spacial score (nSPS) is 13.1. The number of rotatable bonds is 19. The zero-order valence-corrected chi connectivity index (χ0v) is 18.0. The van der Waals surface area contributed by atoms with Gasteiger partial charge in [0.05, 0.1) is 0 Å². The van der Waals surface area contributed by atoms with Crippen molar-refractivity contribution in [2.45, 2.75) is 135 Å². The lowest BCUT2D eigenvalue weighted by Gasteiger charge is -2.30. The summed E-state index contributed by atoms with van der Waals surface area (Å²) in [7, 11) is 0. The largest absolute Gasteiger partial charge is 0.481 e.